The fourth-order valence-electron chi connectivity index (χ4n) is 2.85. The zero-order chi connectivity index (χ0) is 19.8. The summed E-state index contributed by atoms with van der Waals surface area (Å²) in [6, 6.07) is 10.4. The molecule has 7 heteroatoms. The molecule has 27 heavy (non-hydrogen) atoms. The first kappa shape index (κ1) is 18.4. The van der Waals surface area contributed by atoms with Gasteiger partial charge in [-0.15, -0.1) is 0 Å². The van der Waals surface area contributed by atoms with Gasteiger partial charge >= 0.3 is 6.18 Å². The highest BCUT2D eigenvalue weighted by Gasteiger charge is 2.32. The van der Waals surface area contributed by atoms with Crippen molar-refractivity contribution in [1.29, 1.82) is 0 Å². The van der Waals surface area contributed by atoms with Crippen LogP contribution in [0.4, 0.5) is 23.2 Å². The molecule has 3 N–H and O–H groups in total. The lowest BCUT2D eigenvalue weighted by Crippen LogP contribution is -2.08. The second-order valence-corrected chi connectivity index (χ2v) is 5.88. The number of carbonyl (C=O) groups is 1. The van der Waals surface area contributed by atoms with Crippen LogP contribution in [0, 0.1) is 5.82 Å². The van der Waals surface area contributed by atoms with E-state index in [2.05, 4.69) is 0 Å². The van der Waals surface area contributed by atoms with E-state index in [-0.39, 0.29) is 33.7 Å². The number of anilines is 1. The molecule has 0 aliphatic rings. The SMILES string of the molecule is Nc1cc(C(F)(F)F)cc(-c2ccc(O)cc2)c1-c1cc(F)ccc1C=O. The van der Waals surface area contributed by atoms with E-state index in [0.717, 1.165) is 24.3 Å². The van der Waals surface area contributed by atoms with Crippen molar-refractivity contribution in [2.45, 2.75) is 6.18 Å². The first-order valence-corrected chi connectivity index (χ1v) is 7.76. The zero-order valence-electron chi connectivity index (χ0n) is 13.7. The second kappa shape index (κ2) is 6.75. The molecule has 3 aromatic carbocycles. The van der Waals surface area contributed by atoms with E-state index < -0.39 is 17.6 Å². The van der Waals surface area contributed by atoms with E-state index in [1.54, 1.807) is 0 Å². The number of rotatable bonds is 3. The van der Waals surface area contributed by atoms with Gasteiger partial charge in [-0.1, -0.05) is 12.1 Å². The molecule has 0 unspecified atom stereocenters. The number of aldehydes is 1. The third-order valence-corrected chi connectivity index (χ3v) is 4.09. The maximum absolute atomic E-state index is 13.8. The number of alkyl halides is 3. The van der Waals surface area contributed by atoms with Crippen LogP contribution in [0.3, 0.4) is 0 Å². The fourth-order valence-corrected chi connectivity index (χ4v) is 2.85. The monoisotopic (exact) mass is 375 g/mol. The highest BCUT2D eigenvalue weighted by Crippen LogP contribution is 2.43. The molecule has 0 aromatic heterocycles. The number of halogens is 4. The van der Waals surface area contributed by atoms with Crippen molar-refractivity contribution in [3.05, 3.63) is 71.5 Å². The van der Waals surface area contributed by atoms with Crippen LogP contribution in [0.15, 0.2) is 54.6 Å². The van der Waals surface area contributed by atoms with Gasteiger partial charge in [-0.2, -0.15) is 13.2 Å². The molecule has 3 aromatic rings. The zero-order valence-corrected chi connectivity index (χ0v) is 13.7. The molecule has 3 rings (SSSR count). The predicted molar refractivity (Wildman–Crippen MR) is 93.7 cm³/mol. The largest absolute Gasteiger partial charge is 0.508 e. The molecule has 0 atom stereocenters. The average Bonchev–Trinajstić information content (AvgIpc) is 2.61. The Morgan fingerprint density at radius 1 is 0.926 bits per heavy atom. The summed E-state index contributed by atoms with van der Waals surface area (Å²) in [6.45, 7) is 0. The highest BCUT2D eigenvalue weighted by molar-refractivity contribution is 5.98. The molecule has 0 saturated heterocycles. The van der Waals surface area contributed by atoms with E-state index in [1.165, 1.54) is 30.3 Å². The number of nitrogens with two attached hydrogens (primary N) is 1. The van der Waals surface area contributed by atoms with E-state index >= 15 is 0 Å². The summed E-state index contributed by atoms with van der Waals surface area (Å²) in [7, 11) is 0. The van der Waals surface area contributed by atoms with Crippen molar-refractivity contribution in [3.8, 4) is 28.0 Å². The van der Waals surface area contributed by atoms with Crippen molar-refractivity contribution < 1.29 is 27.5 Å². The Bertz CT molecular complexity index is 1010. The summed E-state index contributed by atoms with van der Waals surface area (Å²) in [5.74, 6) is -0.730. The maximum atomic E-state index is 13.8. The standard InChI is InChI=1S/C20H13F4NO2/c21-14-4-1-12(10-26)17(9-14)19-16(11-2-5-15(27)6-3-11)7-13(8-18(19)25)20(22,23)24/h1-10,27H,25H2. The van der Waals surface area contributed by atoms with Crippen molar-refractivity contribution in [2.75, 3.05) is 5.73 Å². The Hall–Kier alpha value is -3.35. The number of hydrogen-bond acceptors (Lipinski definition) is 3. The Balaban J connectivity index is 2.38. The van der Waals surface area contributed by atoms with E-state index in [4.69, 9.17) is 5.73 Å². The van der Waals surface area contributed by atoms with Gasteiger partial charge in [0.2, 0.25) is 0 Å². The van der Waals surface area contributed by atoms with Crippen LogP contribution in [-0.2, 0) is 6.18 Å². The van der Waals surface area contributed by atoms with Crippen molar-refractivity contribution in [3.63, 3.8) is 0 Å². The van der Waals surface area contributed by atoms with Crippen LogP contribution in [0.5, 0.6) is 5.75 Å². The van der Waals surface area contributed by atoms with Gasteiger partial charge in [0, 0.05) is 16.8 Å². The normalized spacial score (nSPS) is 11.4. The Kier molecular flexibility index (Phi) is 4.61. The first-order chi connectivity index (χ1) is 12.7. The fraction of sp³-hybridized carbons (Fsp3) is 0.0500. The van der Waals surface area contributed by atoms with E-state index in [9.17, 15) is 27.5 Å². The molecule has 0 heterocycles. The number of benzene rings is 3. The molecule has 0 aliphatic carbocycles. The average molecular weight is 375 g/mol. The first-order valence-electron chi connectivity index (χ1n) is 7.76. The van der Waals surface area contributed by atoms with Gasteiger partial charge in [0.1, 0.15) is 11.6 Å². The minimum absolute atomic E-state index is 0.0658. The quantitative estimate of drug-likeness (QED) is 0.372. The molecule has 0 amide bonds. The van der Waals surface area contributed by atoms with Crippen molar-refractivity contribution in [1.82, 2.24) is 0 Å². The Morgan fingerprint density at radius 3 is 2.19 bits per heavy atom. The van der Waals surface area contributed by atoms with Crippen molar-refractivity contribution in [2.24, 2.45) is 0 Å². The van der Waals surface area contributed by atoms with Gasteiger partial charge in [0.05, 0.1) is 5.56 Å². The number of phenols is 1. The molecule has 3 nitrogen and oxygen atoms in total. The molecule has 0 aliphatic heterocycles. The topological polar surface area (TPSA) is 63.3 Å². The van der Waals surface area contributed by atoms with Crippen LogP contribution in [-0.4, -0.2) is 11.4 Å². The summed E-state index contributed by atoms with van der Waals surface area (Å²) in [5.41, 5.74) is 5.34. The lowest BCUT2D eigenvalue weighted by molar-refractivity contribution is -0.137. The Morgan fingerprint density at radius 2 is 1.59 bits per heavy atom. The van der Waals surface area contributed by atoms with E-state index in [0.29, 0.717) is 11.8 Å². The van der Waals surface area contributed by atoms with Gasteiger partial charge in [-0.05, 0) is 59.2 Å². The lowest BCUT2D eigenvalue weighted by Gasteiger charge is -2.18. The summed E-state index contributed by atoms with van der Waals surface area (Å²) < 4.78 is 53.6. The van der Waals surface area contributed by atoms with Gasteiger partial charge in [-0.3, -0.25) is 4.79 Å². The lowest BCUT2D eigenvalue weighted by atomic mass is 9.89. The number of hydrogen-bond donors (Lipinski definition) is 2. The summed E-state index contributed by atoms with van der Waals surface area (Å²) in [4.78, 5) is 11.4. The van der Waals surface area contributed by atoms with Crippen molar-refractivity contribution >= 4 is 12.0 Å². The maximum Gasteiger partial charge on any atom is 0.416 e. The third-order valence-electron chi connectivity index (χ3n) is 4.09. The van der Waals surface area contributed by atoms with Crippen LogP contribution in [0.1, 0.15) is 15.9 Å². The number of nitrogen functional groups attached to an aromatic ring is 1. The minimum atomic E-state index is -4.65. The van der Waals surface area contributed by atoms with E-state index in [1.807, 2.05) is 0 Å². The number of carbonyl (C=O) groups excluding carboxylic acids is 1. The van der Waals surface area contributed by atoms with Crippen LogP contribution in [0.25, 0.3) is 22.3 Å². The molecule has 0 fully saturated rings. The second-order valence-electron chi connectivity index (χ2n) is 5.88. The van der Waals surface area contributed by atoms with Gasteiger partial charge in [-0.25, -0.2) is 4.39 Å². The van der Waals surface area contributed by atoms with Crippen LogP contribution >= 0.6 is 0 Å². The summed E-state index contributed by atoms with van der Waals surface area (Å²) in [5, 5.41) is 9.45. The van der Waals surface area contributed by atoms with Crippen LogP contribution in [0.2, 0.25) is 0 Å². The molecular weight excluding hydrogens is 362 g/mol. The summed E-state index contributed by atoms with van der Waals surface area (Å²) >= 11 is 0. The molecule has 0 spiro atoms. The smallest absolute Gasteiger partial charge is 0.416 e. The van der Waals surface area contributed by atoms with Gasteiger partial charge in [0.15, 0.2) is 6.29 Å². The number of aromatic hydroxyl groups is 1. The predicted octanol–water partition coefficient (Wildman–Crippen LogP) is 5.28. The van der Waals surface area contributed by atoms with Gasteiger partial charge in [0.25, 0.3) is 0 Å². The minimum Gasteiger partial charge on any atom is -0.508 e. The Labute approximate surface area is 151 Å². The third kappa shape index (κ3) is 3.62. The molecule has 0 bridgehead atoms. The summed E-state index contributed by atoms with van der Waals surface area (Å²) in [6.07, 6.45) is -4.17. The van der Waals surface area contributed by atoms with Crippen LogP contribution < -0.4 is 5.73 Å². The molecular formula is C20H13F4NO2. The van der Waals surface area contributed by atoms with Gasteiger partial charge < -0.3 is 10.8 Å². The number of phenolic OH excluding ortho intramolecular Hbond substituents is 1. The molecule has 138 valence electrons. The molecule has 0 radical (unpaired) electrons. The molecule has 0 saturated carbocycles. The highest BCUT2D eigenvalue weighted by atomic mass is 19.4.